The normalized spacial score (nSPS) is 13.7. The lowest BCUT2D eigenvalue weighted by Crippen LogP contribution is -2.37. The first kappa shape index (κ1) is 15.3. The van der Waals surface area contributed by atoms with Gasteiger partial charge in [0, 0.05) is 24.4 Å². The number of aryl methyl sites for hydroxylation is 1. The van der Waals surface area contributed by atoms with E-state index in [9.17, 15) is 9.59 Å². The van der Waals surface area contributed by atoms with Gasteiger partial charge in [0.05, 0.1) is 6.20 Å². The van der Waals surface area contributed by atoms with E-state index in [0.717, 1.165) is 18.4 Å². The van der Waals surface area contributed by atoms with E-state index in [1.807, 2.05) is 30.3 Å². The molecular weight excluding hydrogens is 296 g/mol. The van der Waals surface area contributed by atoms with Crippen LogP contribution in [0.4, 0.5) is 0 Å². The number of carbonyl (C=O) groups excluding carboxylic acids is 1. The Balaban J connectivity index is 1.58. The highest BCUT2D eigenvalue weighted by Crippen LogP contribution is 2.27. The van der Waals surface area contributed by atoms with Gasteiger partial charge in [-0.1, -0.05) is 30.3 Å². The fraction of sp³-hybridized carbons (Fsp3) is 0.353. The van der Waals surface area contributed by atoms with Crippen LogP contribution in [0.5, 0.6) is 0 Å². The van der Waals surface area contributed by atoms with Crippen LogP contribution in [-0.4, -0.2) is 39.5 Å². The Hall–Kier alpha value is -2.63. The highest BCUT2D eigenvalue weighted by Gasteiger charge is 2.33. The molecule has 0 saturated heterocycles. The van der Waals surface area contributed by atoms with Crippen LogP contribution < -0.4 is 0 Å². The highest BCUT2D eigenvalue weighted by atomic mass is 16.4. The summed E-state index contributed by atoms with van der Waals surface area (Å²) in [6.07, 6.45) is 3.99. The summed E-state index contributed by atoms with van der Waals surface area (Å²) in [6.45, 7) is -0.232. The standard InChI is InChI=1S/C17H18N2O4/c20-16(19(11-17(21)22)13-6-7-13)9-8-15-18-10-14(23-15)12-4-2-1-3-5-12/h1-5,10,13H,6-9,11H2,(H,21,22). The van der Waals surface area contributed by atoms with Crippen molar-refractivity contribution in [3.05, 3.63) is 42.4 Å². The summed E-state index contributed by atoms with van der Waals surface area (Å²) in [5.41, 5.74) is 0.933. The van der Waals surface area contributed by atoms with Crippen LogP contribution in [0.25, 0.3) is 11.3 Å². The fourth-order valence-corrected chi connectivity index (χ4v) is 2.47. The number of nitrogens with zero attached hydrogens (tertiary/aromatic N) is 2. The molecule has 0 unspecified atom stereocenters. The molecule has 120 valence electrons. The smallest absolute Gasteiger partial charge is 0.323 e. The number of benzene rings is 1. The number of hydrogen-bond donors (Lipinski definition) is 1. The Bertz CT molecular complexity index is 692. The molecule has 6 nitrogen and oxygen atoms in total. The largest absolute Gasteiger partial charge is 0.480 e. The van der Waals surface area contributed by atoms with Crippen molar-refractivity contribution in [3.63, 3.8) is 0 Å². The van der Waals surface area contributed by atoms with Gasteiger partial charge in [-0.15, -0.1) is 0 Å². The summed E-state index contributed by atoms with van der Waals surface area (Å²) in [4.78, 5) is 28.7. The van der Waals surface area contributed by atoms with Gasteiger partial charge >= 0.3 is 5.97 Å². The molecule has 0 radical (unpaired) electrons. The van der Waals surface area contributed by atoms with Crippen molar-refractivity contribution >= 4 is 11.9 Å². The monoisotopic (exact) mass is 314 g/mol. The van der Waals surface area contributed by atoms with Crippen molar-refractivity contribution in [2.24, 2.45) is 0 Å². The van der Waals surface area contributed by atoms with Gasteiger partial charge in [-0.25, -0.2) is 4.98 Å². The maximum absolute atomic E-state index is 12.2. The molecule has 1 N–H and O–H groups in total. The molecule has 6 heteroatoms. The first-order valence-electron chi connectivity index (χ1n) is 7.65. The summed E-state index contributed by atoms with van der Waals surface area (Å²) in [5, 5.41) is 8.90. The minimum absolute atomic E-state index is 0.0861. The van der Waals surface area contributed by atoms with Crippen molar-refractivity contribution in [1.82, 2.24) is 9.88 Å². The molecule has 0 atom stereocenters. The molecule has 1 aromatic carbocycles. The molecule has 0 aliphatic heterocycles. The Kier molecular flexibility index (Phi) is 4.41. The Morgan fingerprint density at radius 1 is 1.26 bits per heavy atom. The number of aliphatic carboxylic acids is 1. The third-order valence-corrected chi connectivity index (χ3v) is 3.78. The molecule has 1 heterocycles. The topological polar surface area (TPSA) is 83.6 Å². The SMILES string of the molecule is O=C(O)CN(C(=O)CCc1ncc(-c2ccccc2)o1)C1CC1. The molecule has 1 aliphatic carbocycles. The van der Waals surface area contributed by atoms with E-state index in [2.05, 4.69) is 4.98 Å². The van der Waals surface area contributed by atoms with E-state index in [4.69, 9.17) is 9.52 Å². The van der Waals surface area contributed by atoms with Crippen LogP contribution >= 0.6 is 0 Å². The molecule has 1 aliphatic rings. The number of carboxylic acid groups (broad SMARTS) is 1. The number of amides is 1. The minimum atomic E-state index is -0.979. The first-order chi connectivity index (χ1) is 11.1. The van der Waals surface area contributed by atoms with Gasteiger partial charge in [-0.05, 0) is 12.8 Å². The van der Waals surface area contributed by atoms with Crippen LogP contribution in [0.1, 0.15) is 25.2 Å². The molecular formula is C17H18N2O4. The second-order valence-corrected chi connectivity index (χ2v) is 5.63. The quantitative estimate of drug-likeness (QED) is 0.848. The maximum Gasteiger partial charge on any atom is 0.323 e. The van der Waals surface area contributed by atoms with Gasteiger partial charge in [0.2, 0.25) is 5.91 Å². The van der Waals surface area contributed by atoms with E-state index in [0.29, 0.717) is 18.1 Å². The number of carbonyl (C=O) groups is 2. The lowest BCUT2D eigenvalue weighted by atomic mass is 10.2. The van der Waals surface area contributed by atoms with Crippen molar-refractivity contribution in [3.8, 4) is 11.3 Å². The van der Waals surface area contributed by atoms with Crippen molar-refractivity contribution in [2.45, 2.75) is 31.7 Å². The number of oxazole rings is 1. The maximum atomic E-state index is 12.2. The zero-order chi connectivity index (χ0) is 16.2. The van der Waals surface area contributed by atoms with Crippen LogP contribution in [0.15, 0.2) is 40.9 Å². The third kappa shape index (κ3) is 3.97. The molecule has 1 aromatic heterocycles. The van der Waals surface area contributed by atoms with Gasteiger partial charge < -0.3 is 14.4 Å². The average molecular weight is 314 g/mol. The van der Waals surface area contributed by atoms with Crippen LogP contribution in [0.2, 0.25) is 0 Å². The van der Waals surface area contributed by atoms with E-state index >= 15 is 0 Å². The zero-order valence-electron chi connectivity index (χ0n) is 12.6. The second kappa shape index (κ2) is 6.64. The summed E-state index contributed by atoms with van der Waals surface area (Å²) < 4.78 is 5.66. The van der Waals surface area contributed by atoms with Crippen molar-refractivity contribution in [1.29, 1.82) is 0 Å². The predicted molar refractivity (Wildman–Crippen MR) is 82.6 cm³/mol. The Morgan fingerprint density at radius 3 is 2.65 bits per heavy atom. The molecule has 0 bridgehead atoms. The zero-order valence-corrected chi connectivity index (χ0v) is 12.6. The number of rotatable bonds is 7. The number of carboxylic acids is 1. The molecule has 1 fully saturated rings. The first-order valence-corrected chi connectivity index (χ1v) is 7.65. The average Bonchev–Trinajstić information content (AvgIpc) is 3.28. The van der Waals surface area contributed by atoms with Gasteiger partial charge in [0.1, 0.15) is 6.54 Å². The number of aromatic nitrogens is 1. The lowest BCUT2D eigenvalue weighted by molar-refractivity contribution is -0.144. The van der Waals surface area contributed by atoms with Crippen molar-refractivity contribution < 1.29 is 19.1 Å². The summed E-state index contributed by atoms with van der Waals surface area (Å²) in [6, 6.07) is 9.70. The summed E-state index contributed by atoms with van der Waals surface area (Å²) >= 11 is 0. The Morgan fingerprint density at radius 2 is 2.00 bits per heavy atom. The summed E-state index contributed by atoms with van der Waals surface area (Å²) in [7, 11) is 0. The second-order valence-electron chi connectivity index (χ2n) is 5.63. The number of hydrogen-bond acceptors (Lipinski definition) is 4. The van der Waals surface area contributed by atoms with Gasteiger partial charge in [-0.2, -0.15) is 0 Å². The molecule has 23 heavy (non-hydrogen) atoms. The highest BCUT2D eigenvalue weighted by molar-refractivity contribution is 5.82. The van der Waals surface area contributed by atoms with Crippen LogP contribution in [-0.2, 0) is 16.0 Å². The molecule has 1 saturated carbocycles. The van der Waals surface area contributed by atoms with E-state index < -0.39 is 5.97 Å². The van der Waals surface area contributed by atoms with E-state index in [1.54, 1.807) is 6.20 Å². The van der Waals surface area contributed by atoms with Crippen LogP contribution in [0.3, 0.4) is 0 Å². The summed E-state index contributed by atoms with van der Waals surface area (Å²) in [5.74, 6) is 0.0167. The van der Waals surface area contributed by atoms with Crippen LogP contribution in [0, 0.1) is 0 Å². The van der Waals surface area contributed by atoms with E-state index in [-0.39, 0.29) is 24.9 Å². The van der Waals surface area contributed by atoms with Gasteiger partial charge in [0.15, 0.2) is 11.7 Å². The molecule has 1 amide bonds. The Labute approximate surface area is 133 Å². The van der Waals surface area contributed by atoms with Crippen molar-refractivity contribution in [2.75, 3.05) is 6.54 Å². The third-order valence-electron chi connectivity index (χ3n) is 3.78. The van der Waals surface area contributed by atoms with Gasteiger partial charge in [0.25, 0.3) is 0 Å². The molecule has 3 rings (SSSR count). The molecule has 2 aromatic rings. The predicted octanol–water partition coefficient (Wildman–Crippen LogP) is 2.35. The van der Waals surface area contributed by atoms with E-state index in [1.165, 1.54) is 4.90 Å². The minimum Gasteiger partial charge on any atom is -0.480 e. The van der Waals surface area contributed by atoms with Gasteiger partial charge in [-0.3, -0.25) is 9.59 Å². The molecule has 0 spiro atoms. The lowest BCUT2D eigenvalue weighted by Gasteiger charge is -2.19. The fourth-order valence-electron chi connectivity index (χ4n) is 2.47.